The molecule has 0 bridgehead atoms. The molecule has 4 rings (SSSR count). The Balaban J connectivity index is 1.56. The van der Waals surface area contributed by atoms with Gasteiger partial charge in [-0.25, -0.2) is 0 Å². The summed E-state index contributed by atoms with van der Waals surface area (Å²) < 4.78 is 11.1. The van der Waals surface area contributed by atoms with Gasteiger partial charge >= 0.3 is 0 Å². The first-order valence-corrected chi connectivity index (χ1v) is 8.48. The van der Waals surface area contributed by atoms with E-state index in [1.807, 2.05) is 13.0 Å². The van der Waals surface area contributed by atoms with E-state index in [2.05, 4.69) is 23.1 Å². The van der Waals surface area contributed by atoms with Crippen LogP contribution in [0.2, 0.25) is 0 Å². The Kier molecular flexibility index (Phi) is 3.76. The molecular formula is C18H21N3O4. The maximum absolute atomic E-state index is 13.0. The highest BCUT2D eigenvalue weighted by atomic mass is 16.5. The van der Waals surface area contributed by atoms with Crippen LogP contribution in [0.25, 0.3) is 0 Å². The molecule has 25 heavy (non-hydrogen) atoms. The third kappa shape index (κ3) is 2.78. The van der Waals surface area contributed by atoms with Gasteiger partial charge in [0.1, 0.15) is 11.8 Å². The van der Waals surface area contributed by atoms with E-state index in [1.54, 1.807) is 11.8 Å². The van der Waals surface area contributed by atoms with Crippen molar-refractivity contribution in [1.82, 2.24) is 15.0 Å². The largest absolute Gasteiger partial charge is 0.480 e. The van der Waals surface area contributed by atoms with Crippen molar-refractivity contribution in [3.05, 3.63) is 40.5 Å². The van der Waals surface area contributed by atoms with Crippen LogP contribution in [-0.2, 0) is 11.2 Å². The molecule has 2 aliphatic rings. The van der Waals surface area contributed by atoms with Crippen molar-refractivity contribution in [2.75, 3.05) is 6.54 Å². The van der Waals surface area contributed by atoms with Gasteiger partial charge in [0, 0.05) is 19.4 Å². The molecule has 7 nitrogen and oxygen atoms in total. The molecule has 1 saturated heterocycles. The Bertz CT molecular complexity index is 801. The minimum absolute atomic E-state index is 0.149. The number of amides is 1. The highest BCUT2D eigenvalue weighted by molar-refractivity contribution is 5.83. The average Bonchev–Trinajstić information content (AvgIpc) is 3.25. The van der Waals surface area contributed by atoms with Gasteiger partial charge in [0.25, 0.3) is 5.91 Å². The fourth-order valence-electron chi connectivity index (χ4n) is 3.58. The lowest BCUT2D eigenvalue weighted by atomic mass is 10.0. The number of aliphatic hydroxyl groups is 1. The van der Waals surface area contributed by atoms with E-state index in [-0.39, 0.29) is 12.5 Å². The van der Waals surface area contributed by atoms with Crippen molar-refractivity contribution in [1.29, 1.82) is 0 Å². The molecule has 132 valence electrons. The van der Waals surface area contributed by atoms with Gasteiger partial charge in [0.15, 0.2) is 11.9 Å². The topological polar surface area (TPSA) is 88.7 Å². The van der Waals surface area contributed by atoms with Crippen molar-refractivity contribution >= 4 is 5.91 Å². The van der Waals surface area contributed by atoms with Crippen LogP contribution < -0.4 is 4.74 Å². The Morgan fingerprint density at radius 2 is 2.04 bits per heavy atom. The Morgan fingerprint density at radius 1 is 1.28 bits per heavy atom. The summed E-state index contributed by atoms with van der Waals surface area (Å²) in [5, 5.41) is 13.8. The molecular weight excluding hydrogens is 322 g/mol. The Hall–Kier alpha value is -2.41. The fourth-order valence-corrected chi connectivity index (χ4v) is 3.58. The fraction of sp³-hybridized carbons (Fsp3) is 0.500. The first-order valence-electron chi connectivity index (χ1n) is 8.48. The molecule has 0 radical (unpaired) electrons. The van der Waals surface area contributed by atoms with Gasteiger partial charge in [-0.1, -0.05) is 11.2 Å². The number of ether oxygens (including phenoxy) is 1. The molecule has 2 aromatic rings. The standard InChI is InChI=1S/C18H21N3O4/c1-9-4-12-6-16(24-15(12)5-10(9)2)18(23)21-8-13(22)7-14(21)17-19-11(3)20-25-17/h4-5,13-14,16,22H,6-8H2,1-3H3/t13-,14-,16+/m1/s1. The van der Waals surface area contributed by atoms with Crippen LogP contribution in [0.3, 0.4) is 0 Å². The number of carbonyl (C=O) groups excluding carboxylic acids is 1. The summed E-state index contributed by atoms with van der Waals surface area (Å²) >= 11 is 0. The molecule has 3 atom stereocenters. The molecule has 1 aromatic heterocycles. The van der Waals surface area contributed by atoms with E-state index >= 15 is 0 Å². The number of fused-ring (bicyclic) bond motifs is 1. The van der Waals surface area contributed by atoms with Crippen LogP contribution in [0.5, 0.6) is 5.75 Å². The third-order valence-corrected chi connectivity index (χ3v) is 5.02. The highest BCUT2D eigenvalue weighted by Gasteiger charge is 2.43. The summed E-state index contributed by atoms with van der Waals surface area (Å²) in [5.74, 6) is 1.50. The van der Waals surface area contributed by atoms with E-state index in [4.69, 9.17) is 9.26 Å². The van der Waals surface area contributed by atoms with Crippen molar-refractivity contribution in [2.24, 2.45) is 0 Å². The number of aromatic nitrogens is 2. The number of nitrogens with zero attached hydrogens (tertiary/aromatic N) is 3. The minimum Gasteiger partial charge on any atom is -0.480 e. The number of aliphatic hydroxyl groups excluding tert-OH is 1. The van der Waals surface area contributed by atoms with Crippen LogP contribution in [0.4, 0.5) is 0 Å². The number of benzene rings is 1. The number of hydrogen-bond donors (Lipinski definition) is 1. The number of rotatable bonds is 2. The summed E-state index contributed by atoms with van der Waals surface area (Å²) in [7, 11) is 0. The zero-order valence-electron chi connectivity index (χ0n) is 14.5. The summed E-state index contributed by atoms with van der Waals surface area (Å²) in [6.45, 7) is 6.06. The molecule has 1 N–H and O–H groups in total. The molecule has 1 aromatic carbocycles. The monoisotopic (exact) mass is 343 g/mol. The van der Waals surface area contributed by atoms with Crippen LogP contribution in [0.15, 0.2) is 16.7 Å². The SMILES string of the molecule is Cc1noc([C@H]2C[C@@H](O)CN2C(=O)[C@@H]2Cc3cc(C)c(C)cc3O2)n1. The number of hydrogen-bond acceptors (Lipinski definition) is 6. The predicted octanol–water partition coefficient (Wildman–Crippen LogP) is 1.63. The van der Waals surface area contributed by atoms with Gasteiger partial charge in [-0.15, -0.1) is 0 Å². The summed E-state index contributed by atoms with van der Waals surface area (Å²) in [4.78, 5) is 18.9. The maximum Gasteiger partial charge on any atom is 0.264 e. The molecule has 0 aliphatic carbocycles. The lowest BCUT2D eigenvalue weighted by molar-refractivity contribution is -0.139. The smallest absolute Gasteiger partial charge is 0.264 e. The molecule has 1 amide bonds. The quantitative estimate of drug-likeness (QED) is 0.892. The second-order valence-corrected chi connectivity index (χ2v) is 6.93. The Morgan fingerprint density at radius 3 is 2.76 bits per heavy atom. The van der Waals surface area contributed by atoms with Crippen molar-refractivity contribution < 1.29 is 19.2 Å². The molecule has 1 fully saturated rings. The summed E-state index contributed by atoms with van der Waals surface area (Å²) in [5.41, 5.74) is 3.38. The van der Waals surface area contributed by atoms with E-state index in [0.717, 1.165) is 16.9 Å². The first-order chi connectivity index (χ1) is 11.9. The number of carbonyl (C=O) groups is 1. The normalized spacial score (nSPS) is 25.1. The van der Waals surface area contributed by atoms with Gasteiger partial charge in [-0.2, -0.15) is 4.98 Å². The highest BCUT2D eigenvalue weighted by Crippen LogP contribution is 2.36. The molecule has 2 aliphatic heterocycles. The lowest BCUT2D eigenvalue weighted by Crippen LogP contribution is -2.41. The Labute approximate surface area is 145 Å². The van der Waals surface area contributed by atoms with Gasteiger partial charge in [-0.3, -0.25) is 4.79 Å². The molecule has 0 unspecified atom stereocenters. The van der Waals surface area contributed by atoms with Crippen molar-refractivity contribution in [2.45, 2.75) is 51.9 Å². The van der Waals surface area contributed by atoms with E-state index in [9.17, 15) is 9.90 Å². The minimum atomic E-state index is -0.602. The summed E-state index contributed by atoms with van der Waals surface area (Å²) in [6, 6.07) is 3.66. The number of β-amino-alcohol motifs (C(OH)–C–C–N with tert-alkyl or cyclic N) is 1. The third-order valence-electron chi connectivity index (χ3n) is 5.02. The van der Waals surface area contributed by atoms with Gasteiger partial charge in [0.05, 0.1) is 6.10 Å². The van der Waals surface area contributed by atoms with Crippen molar-refractivity contribution in [3.63, 3.8) is 0 Å². The van der Waals surface area contributed by atoms with E-state index < -0.39 is 18.2 Å². The van der Waals surface area contributed by atoms with Crippen LogP contribution in [0, 0.1) is 20.8 Å². The molecule has 0 saturated carbocycles. The van der Waals surface area contributed by atoms with Crippen LogP contribution in [0.1, 0.15) is 40.9 Å². The average molecular weight is 343 g/mol. The van der Waals surface area contributed by atoms with Gasteiger partial charge in [-0.05, 0) is 43.5 Å². The zero-order chi connectivity index (χ0) is 17.7. The number of aryl methyl sites for hydroxylation is 3. The first kappa shape index (κ1) is 16.1. The predicted molar refractivity (Wildman–Crippen MR) is 88.1 cm³/mol. The second kappa shape index (κ2) is 5.84. The van der Waals surface area contributed by atoms with E-state index in [0.29, 0.717) is 24.6 Å². The lowest BCUT2D eigenvalue weighted by Gasteiger charge is -2.24. The zero-order valence-corrected chi connectivity index (χ0v) is 14.5. The van der Waals surface area contributed by atoms with Gasteiger partial charge in [0.2, 0.25) is 5.89 Å². The molecule has 0 spiro atoms. The number of likely N-dealkylation sites (tertiary alicyclic amines) is 1. The van der Waals surface area contributed by atoms with E-state index in [1.165, 1.54) is 5.56 Å². The summed E-state index contributed by atoms with van der Waals surface area (Å²) in [6.07, 6.45) is -0.245. The van der Waals surface area contributed by atoms with Crippen molar-refractivity contribution in [3.8, 4) is 5.75 Å². The molecule has 3 heterocycles. The van der Waals surface area contributed by atoms with Crippen LogP contribution in [-0.4, -0.2) is 44.8 Å². The second-order valence-electron chi connectivity index (χ2n) is 6.93. The maximum atomic E-state index is 13.0. The molecule has 7 heteroatoms. The van der Waals surface area contributed by atoms with Crippen LogP contribution >= 0.6 is 0 Å². The van der Waals surface area contributed by atoms with Gasteiger partial charge < -0.3 is 19.3 Å².